The van der Waals surface area contributed by atoms with Gasteiger partial charge < -0.3 is 14.4 Å². The van der Waals surface area contributed by atoms with Crippen LogP contribution in [0.2, 0.25) is 0 Å². The highest BCUT2D eigenvalue weighted by Crippen LogP contribution is 2.33. The molecule has 0 radical (unpaired) electrons. The van der Waals surface area contributed by atoms with Crippen molar-refractivity contribution in [2.75, 3.05) is 37.9 Å². The molecule has 0 spiro atoms. The molecule has 0 unspecified atom stereocenters. The van der Waals surface area contributed by atoms with Crippen molar-refractivity contribution >= 4 is 37.5 Å². The number of sulfonamides is 1. The molecule has 7 nitrogen and oxygen atoms in total. The van der Waals surface area contributed by atoms with Gasteiger partial charge in [0.2, 0.25) is 15.9 Å². The van der Waals surface area contributed by atoms with Gasteiger partial charge in [-0.3, -0.25) is 9.10 Å². The smallest absolute Gasteiger partial charge is 0.243 e. The number of nitrogens with zero attached hydrogens (tertiary/aromatic N) is 2. The van der Waals surface area contributed by atoms with Gasteiger partial charge in [-0.05, 0) is 57.7 Å². The molecule has 156 valence electrons. The van der Waals surface area contributed by atoms with E-state index in [1.54, 1.807) is 43.4 Å². The van der Waals surface area contributed by atoms with E-state index in [-0.39, 0.29) is 12.5 Å². The average Bonchev–Trinajstić information content (AvgIpc) is 2.70. The number of amides is 1. The van der Waals surface area contributed by atoms with E-state index in [0.717, 1.165) is 21.7 Å². The van der Waals surface area contributed by atoms with Crippen LogP contribution in [0.5, 0.6) is 11.5 Å². The number of ether oxygens (including phenoxy) is 2. The Morgan fingerprint density at radius 1 is 1.14 bits per heavy atom. The van der Waals surface area contributed by atoms with Crippen LogP contribution in [0.4, 0.5) is 5.69 Å². The Balaban J connectivity index is 1.83. The molecule has 0 aliphatic carbocycles. The van der Waals surface area contributed by atoms with E-state index in [1.165, 1.54) is 0 Å². The fourth-order valence-corrected chi connectivity index (χ4v) is 4.83. The van der Waals surface area contributed by atoms with E-state index < -0.39 is 10.0 Å². The highest BCUT2D eigenvalue weighted by Gasteiger charge is 2.28. The largest absolute Gasteiger partial charge is 0.493 e. The van der Waals surface area contributed by atoms with E-state index in [4.69, 9.17) is 9.47 Å². The number of fused-ring (bicyclic) bond motifs is 1. The lowest BCUT2D eigenvalue weighted by molar-refractivity contribution is -0.130. The third kappa shape index (κ3) is 4.67. The lowest BCUT2D eigenvalue weighted by Crippen LogP contribution is -2.44. The first-order valence-corrected chi connectivity index (χ1v) is 11.6. The van der Waals surface area contributed by atoms with E-state index in [2.05, 4.69) is 15.9 Å². The number of halogens is 1. The van der Waals surface area contributed by atoms with Crippen LogP contribution in [0.25, 0.3) is 0 Å². The summed E-state index contributed by atoms with van der Waals surface area (Å²) in [6, 6.07) is 10.7. The second kappa shape index (κ2) is 8.62. The van der Waals surface area contributed by atoms with Gasteiger partial charge in [0.1, 0.15) is 6.54 Å². The molecular weight excluding hydrogens is 460 g/mol. The van der Waals surface area contributed by atoms with Crippen molar-refractivity contribution < 1.29 is 22.7 Å². The maximum atomic E-state index is 13.0. The Morgan fingerprint density at radius 3 is 2.34 bits per heavy atom. The zero-order valence-electron chi connectivity index (χ0n) is 16.5. The molecule has 0 saturated carbocycles. The van der Waals surface area contributed by atoms with Crippen molar-refractivity contribution in [3.63, 3.8) is 0 Å². The van der Waals surface area contributed by atoms with Crippen LogP contribution >= 0.6 is 15.9 Å². The lowest BCUT2D eigenvalue weighted by Gasteiger charge is -2.32. The maximum absolute atomic E-state index is 13.0. The summed E-state index contributed by atoms with van der Waals surface area (Å²) < 4.78 is 37.2. The predicted octanol–water partition coefficient (Wildman–Crippen LogP) is 2.82. The van der Waals surface area contributed by atoms with Crippen LogP contribution in [-0.2, 0) is 27.8 Å². The van der Waals surface area contributed by atoms with Gasteiger partial charge in [0.25, 0.3) is 0 Å². The topological polar surface area (TPSA) is 76.2 Å². The molecule has 0 bridgehead atoms. The molecule has 3 rings (SSSR count). The van der Waals surface area contributed by atoms with Gasteiger partial charge in [0, 0.05) is 17.6 Å². The molecule has 1 aliphatic heterocycles. The third-order valence-electron chi connectivity index (χ3n) is 4.87. The molecule has 0 aromatic heterocycles. The molecule has 0 N–H and O–H groups in total. The van der Waals surface area contributed by atoms with Crippen LogP contribution in [0.3, 0.4) is 0 Å². The first kappa shape index (κ1) is 21.4. The number of anilines is 1. The molecule has 29 heavy (non-hydrogen) atoms. The Bertz CT molecular complexity index is 1030. The molecule has 0 fully saturated rings. The van der Waals surface area contributed by atoms with Gasteiger partial charge >= 0.3 is 0 Å². The molecule has 1 aliphatic rings. The van der Waals surface area contributed by atoms with E-state index >= 15 is 0 Å². The summed E-state index contributed by atoms with van der Waals surface area (Å²) in [5.41, 5.74) is 2.50. The number of para-hydroxylation sites is 1. The highest BCUT2D eigenvalue weighted by molar-refractivity contribution is 9.10. The van der Waals surface area contributed by atoms with Gasteiger partial charge in [0.05, 0.1) is 26.2 Å². The summed E-state index contributed by atoms with van der Waals surface area (Å²) in [5.74, 6) is 1.00. The van der Waals surface area contributed by atoms with Crippen molar-refractivity contribution in [2.24, 2.45) is 0 Å². The zero-order chi connectivity index (χ0) is 21.2. The monoisotopic (exact) mass is 482 g/mol. The summed E-state index contributed by atoms with van der Waals surface area (Å²) >= 11 is 3.37. The summed E-state index contributed by atoms with van der Waals surface area (Å²) in [4.78, 5) is 14.6. The summed E-state index contributed by atoms with van der Waals surface area (Å²) in [6.45, 7) is 0.640. The Labute approximate surface area is 179 Å². The van der Waals surface area contributed by atoms with Gasteiger partial charge in [-0.1, -0.05) is 12.1 Å². The van der Waals surface area contributed by atoms with Crippen molar-refractivity contribution in [1.29, 1.82) is 0 Å². The number of carbonyl (C=O) groups is 1. The molecule has 2 aromatic rings. The standard InChI is InChI=1S/C20H23BrN2O5S/c1-27-18-10-14-8-9-22(12-15(14)11-19(18)28-2)20(24)13-23(29(3,25)26)17-7-5-4-6-16(17)21/h4-7,10-11H,8-9,12-13H2,1-3H3. The summed E-state index contributed by atoms with van der Waals surface area (Å²) in [5, 5.41) is 0. The van der Waals surface area contributed by atoms with Crippen molar-refractivity contribution in [3.8, 4) is 11.5 Å². The number of benzene rings is 2. The molecule has 1 heterocycles. The highest BCUT2D eigenvalue weighted by atomic mass is 79.9. The van der Waals surface area contributed by atoms with Crippen LogP contribution in [0, 0.1) is 0 Å². The van der Waals surface area contributed by atoms with Gasteiger partial charge in [-0.15, -0.1) is 0 Å². The number of hydrogen-bond acceptors (Lipinski definition) is 5. The Kier molecular flexibility index (Phi) is 6.38. The van der Waals surface area contributed by atoms with Crippen LogP contribution in [0.15, 0.2) is 40.9 Å². The number of carbonyl (C=O) groups excluding carboxylic acids is 1. The quantitative estimate of drug-likeness (QED) is 0.632. The maximum Gasteiger partial charge on any atom is 0.243 e. The van der Waals surface area contributed by atoms with E-state index in [0.29, 0.717) is 41.2 Å². The van der Waals surface area contributed by atoms with Gasteiger partial charge in [-0.2, -0.15) is 0 Å². The second-order valence-electron chi connectivity index (χ2n) is 6.76. The first-order chi connectivity index (χ1) is 13.7. The molecule has 0 atom stereocenters. The summed E-state index contributed by atoms with van der Waals surface area (Å²) in [7, 11) is -0.480. The van der Waals surface area contributed by atoms with Crippen molar-refractivity contribution in [3.05, 3.63) is 52.0 Å². The SMILES string of the molecule is COc1cc2c(cc1OC)CN(C(=O)CN(c1ccccc1Br)S(C)(=O)=O)CC2. The minimum atomic E-state index is -3.64. The number of hydrogen-bond donors (Lipinski definition) is 0. The number of methoxy groups -OCH3 is 2. The first-order valence-electron chi connectivity index (χ1n) is 8.98. The minimum Gasteiger partial charge on any atom is -0.493 e. The van der Waals surface area contributed by atoms with Crippen LogP contribution in [0.1, 0.15) is 11.1 Å². The zero-order valence-corrected chi connectivity index (χ0v) is 18.9. The van der Waals surface area contributed by atoms with Crippen LogP contribution < -0.4 is 13.8 Å². The third-order valence-corrected chi connectivity index (χ3v) is 6.67. The van der Waals surface area contributed by atoms with E-state index in [1.807, 2.05) is 12.1 Å². The fraction of sp³-hybridized carbons (Fsp3) is 0.350. The normalized spacial score (nSPS) is 13.6. The molecule has 1 amide bonds. The molecule has 2 aromatic carbocycles. The van der Waals surface area contributed by atoms with Crippen molar-refractivity contribution in [1.82, 2.24) is 4.90 Å². The lowest BCUT2D eigenvalue weighted by atomic mass is 9.98. The average molecular weight is 483 g/mol. The van der Waals surface area contributed by atoms with Crippen LogP contribution in [-0.4, -0.2) is 52.8 Å². The fourth-order valence-electron chi connectivity index (χ4n) is 3.35. The second-order valence-corrected chi connectivity index (χ2v) is 9.52. The molecule has 9 heteroatoms. The van der Waals surface area contributed by atoms with E-state index in [9.17, 15) is 13.2 Å². The Hall–Kier alpha value is -2.26. The van der Waals surface area contributed by atoms with Gasteiger partial charge in [0.15, 0.2) is 11.5 Å². The van der Waals surface area contributed by atoms with Gasteiger partial charge in [-0.25, -0.2) is 8.42 Å². The molecule has 0 saturated heterocycles. The number of rotatable bonds is 6. The predicted molar refractivity (Wildman–Crippen MR) is 115 cm³/mol. The molecular formula is C20H23BrN2O5S. The minimum absolute atomic E-state index is 0.258. The Morgan fingerprint density at radius 2 is 1.76 bits per heavy atom. The summed E-state index contributed by atoms with van der Waals surface area (Å²) in [6.07, 6.45) is 1.76. The van der Waals surface area contributed by atoms with Crippen molar-refractivity contribution in [2.45, 2.75) is 13.0 Å².